The molecule has 0 aromatic heterocycles. The summed E-state index contributed by atoms with van der Waals surface area (Å²) in [5.41, 5.74) is 1.68. The van der Waals surface area contributed by atoms with Crippen LogP contribution in [0, 0.1) is 12.8 Å². The van der Waals surface area contributed by atoms with Crippen molar-refractivity contribution in [2.45, 2.75) is 19.8 Å². The van der Waals surface area contributed by atoms with Gasteiger partial charge in [-0.05, 0) is 59.3 Å². The molecule has 0 aliphatic heterocycles. The third-order valence-electron chi connectivity index (χ3n) is 3.15. The normalized spacial score (nSPS) is 13.9. The summed E-state index contributed by atoms with van der Waals surface area (Å²) in [5.74, 6) is -0.551. The minimum atomic E-state index is -0.996. The minimum absolute atomic E-state index is 0.272. The molecule has 2 N–H and O–H groups in total. The lowest BCUT2D eigenvalue weighted by Gasteiger charge is -2.21. The molecule has 0 heterocycles. The molecule has 2 amide bonds. The van der Waals surface area contributed by atoms with Gasteiger partial charge in [0.05, 0.1) is 5.69 Å². The van der Waals surface area contributed by atoms with E-state index >= 15 is 0 Å². The highest BCUT2D eigenvalue weighted by Gasteiger charge is 2.28. The SMILES string of the molecule is Cc1ccc(Br)c(NC(=O)N(CC(=O)O)CC2CC2)c1. The molecule has 0 spiro atoms. The summed E-state index contributed by atoms with van der Waals surface area (Å²) in [6.45, 7) is 2.16. The molecule has 0 bridgehead atoms. The number of rotatable bonds is 5. The van der Waals surface area contributed by atoms with Gasteiger partial charge in [-0.3, -0.25) is 4.79 Å². The van der Waals surface area contributed by atoms with E-state index in [1.807, 2.05) is 25.1 Å². The van der Waals surface area contributed by atoms with Crippen LogP contribution >= 0.6 is 15.9 Å². The molecule has 0 unspecified atom stereocenters. The van der Waals surface area contributed by atoms with Gasteiger partial charge in [0, 0.05) is 11.0 Å². The predicted molar refractivity (Wildman–Crippen MR) is 79.8 cm³/mol. The van der Waals surface area contributed by atoms with E-state index in [9.17, 15) is 9.59 Å². The number of carboxylic acid groups (broad SMARTS) is 1. The zero-order chi connectivity index (χ0) is 14.7. The Morgan fingerprint density at radius 1 is 1.45 bits per heavy atom. The number of aliphatic carboxylic acids is 1. The molecule has 5 nitrogen and oxygen atoms in total. The largest absolute Gasteiger partial charge is 0.480 e. The minimum Gasteiger partial charge on any atom is -0.480 e. The zero-order valence-electron chi connectivity index (χ0n) is 11.2. The summed E-state index contributed by atoms with van der Waals surface area (Å²) in [4.78, 5) is 24.4. The summed E-state index contributed by atoms with van der Waals surface area (Å²) in [6.07, 6.45) is 2.13. The third-order valence-corrected chi connectivity index (χ3v) is 3.84. The maximum absolute atomic E-state index is 12.2. The van der Waals surface area contributed by atoms with Crippen molar-refractivity contribution in [3.05, 3.63) is 28.2 Å². The fraction of sp³-hybridized carbons (Fsp3) is 0.429. The summed E-state index contributed by atoms with van der Waals surface area (Å²) in [7, 11) is 0. The summed E-state index contributed by atoms with van der Waals surface area (Å²) >= 11 is 3.37. The van der Waals surface area contributed by atoms with Crippen LogP contribution in [0.25, 0.3) is 0 Å². The van der Waals surface area contributed by atoms with Crippen molar-refractivity contribution in [2.24, 2.45) is 5.92 Å². The topological polar surface area (TPSA) is 69.6 Å². The summed E-state index contributed by atoms with van der Waals surface area (Å²) in [5, 5.41) is 11.7. The molecular formula is C14H17BrN2O3. The van der Waals surface area contributed by atoms with Crippen LogP contribution in [-0.2, 0) is 4.79 Å². The average molecular weight is 341 g/mol. The lowest BCUT2D eigenvalue weighted by Crippen LogP contribution is -2.40. The van der Waals surface area contributed by atoms with E-state index in [-0.39, 0.29) is 12.6 Å². The number of aryl methyl sites for hydroxylation is 1. The van der Waals surface area contributed by atoms with Gasteiger partial charge in [0.15, 0.2) is 0 Å². The smallest absolute Gasteiger partial charge is 0.323 e. The second-order valence-electron chi connectivity index (χ2n) is 5.13. The van der Waals surface area contributed by atoms with Gasteiger partial charge >= 0.3 is 12.0 Å². The Kier molecular flexibility index (Phi) is 4.65. The second-order valence-corrected chi connectivity index (χ2v) is 5.99. The van der Waals surface area contributed by atoms with Crippen LogP contribution in [0.2, 0.25) is 0 Å². The fourth-order valence-corrected chi connectivity index (χ4v) is 2.27. The van der Waals surface area contributed by atoms with E-state index in [0.29, 0.717) is 18.2 Å². The van der Waals surface area contributed by atoms with Crippen LogP contribution in [0.5, 0.6) is 0 Å². The molecule has 1 aliphatic carbocycles. The van der Waals surface area contributed by atoms with Crippen molar-refractivity contribution in [3.63, 3.8) is 0 Å². The number of carbonyl (C=O) groups excluding carboxylic acids is 1. The highest BCUT2D eigenvalue weighted by atomic mass is 79.9. The van der Waals surface area contributed by atoms with Gasteiger partial charge in [-0.25, -0.2) is 4.79 Å². The van der Waals surface area contributed by atoms with Gasteiger partial charge in [-0.2, -0.15) is 0 Å². The van der Waals surface area contributed by atoms with E-state index in [1.54, 1.807) is 0 Å². The molecule has 2 rings (SSSR count). The summed E-state index contributed by atoms with van der Waals surface area (Å²) in [6, 6.07) is 5.26. The highest BCUT2D eigenvalue weighted by molar-refractivity contribution is 9.10. The number of carbonyl (C=O) groups is 2. The van der Waals surface area contributed by atoms with Gasteiger partial charge in [-0.15, -0.1) is 0 Å². The number of nitrogens with one attached hydrogen (secondary N) is 1. The molecule has 1 aromatic rings. The Morgan fingerprint density at radius 3 is 2.75 bits per heavy atom. The number of halogens is 1. The Bertz CT molecular complexity index is 529. The molecule has 0 radical (unpaired) electrons. The molecule has 0 saturated heterocycles. The predicted octanol–water partition coefficient (Wildman–Crippen LogP) is 3.09. The van der Waals surface area contributed by atoms with E-state index in [2.05, 4.69) is 21.2 Å². The van der Waals surface area contributed by atoms with E-state index in [1.165, 1.54) is 4.90 Å². The maximum Gasteiger partial charge on any atom is 0.323 e. The lowest BCUT2D eigenvalue weighted by molar-refractivity contribution is -0.137. The van der Waals surface area contributed by atoms with Crippen molar-refractivity contribution in [3.8, 4) is 0 Å². The molecule has 0 atom stereocenters. The first-order valence-corrected chi connectivity index (χ1v) is 7.29. The molecule has 20 heavy (non-hydrogen) atoms. The molecule has 1 saturated carbocycles. The number of hydrogen-bond donors (Lipinski definition) is 2. The van der Waals surface area contributed by atoms with Crippen molar-refractivity contribution < 1.29 is 14.7 Å². The van der Waals surface area contributed by atoms with Crippen molar-refractivity contribution in [1.29, 1.82) is 0 Å². The van der Waals surface area contributed by atoms with E-state index < -0.39 is 5.97 Å². The molecule has 6 heteroatoms. The third kappa shape index (κ3) is 4.23. The fourth-order valence-electron chi connectivity index (χ4n) is 1.92. The molecule has 1 aliphatic rings. The first-order chi connectivity index (χ1) is 9.45. The van der Waals surface area contributed by atoms with Crippen LogP contribution in [0.1, 0.15) is 18.4 Å². The van der Waals surface area contributed by atoms with E-state index in [4.69, 9.17) is 5.11 Å². The number of nitrogens with zero attached hydrogens (tertiary/aromatic N) is 1. The van der Waals surface area contributed by atoms with Gasteiger partial charge in [0.1, 0.15) is 6.54 Å². The highest BCUT2D eigenvalue weighted by Crippen LogP contribution is 2.30. The Hall–Kier alpha value is -1.56. The first-order valence-electron chi connectivity index (χ1n) is 6.49. The van der Waals surface area contributed by atoms with Crippen LogP contribution in [0.3, 0.4) is 0 Å². The lowest BCUT2D eigenvalue weighted by atomic mass is 10.2. The van der Waals surface area contributed by atoms with Gasteiger partial charge in [0.2, 0.25) is 0 Å². The Morgan fingerprint density at radius 2 is 2.15 bits per heavy atom. The van der Waals surface area contributed by atoms with Crippen LogP contribution in [0.4, 0.5) is 10.5 Å². The molecular weight excluding hydrogens is 324 g/mol. The van der Waals surface area contributed by atoms with Gasteiger partial charge < -0.3 is 15.3 Å². The number of amides is 2. The van der Waals surface area contributed by atoms with Gasteiger partial charge in [-0.1, -0.05) is 6.07 Å². The Labute approximate surface area is 126 Å². The summed E-state index contributed by atoms with van der Waals surface area (Å²) < 4.78 is 0.776. The maximum atomic E-state index is 12.2. The van der Waals surface area contributed by atoms with Gasteiger partial charge in [0.25, 0.3) is 0 Å². The van der Waals surface area contributed by atoms with Crippen molar-refractivity contribution in [1.82, 2.24) is 4.90 Å². The molecule has 1 aromatic carbocycles. The number of urea groups is 1. The standard InChI is InChI=1S/C14H17BrN2O3/c1-9-2-5-11(15)12(6-9)16-14(20)17(8-13(18)19)7-10-3-4-10/h2,5-6,10H,3-4,7-8H2,1H3,(H,16,20)(H,18,19). The number of benzene rings is 1. The second kappa shape index (κ2) is 6.26. The number of anilines is 1. The monoisotopic (exact) mass is 340 g/mol. The molecule has 1 fully saturated rings. The quantitative estimate of drug-likeness (QED) is 0.865. The first kappa shape index (κ1) is 14.8. The Balaban J connectivity index is 2.06. The van der Waals surface area contributed by atoms with Crippen LogP contribution in [0.15, 0.2) is 22.7 Å². The van der Waals surface area contributed by atoms with E-state index in [0.717, 1.165) is 22.9 Å². The van der Waals surface area contributed by atoms with Crippen LogP contribution < -0.4 is 5.32 Å². The van der Waals surface area contributed by atoms with Crippen molar-refractivity contribution in [2.75, 3.05) is 18.4 Å². The van der Waals surface area contributed by atoms with Crippen molar-refractivity contribution >= 4 is 33.6 Å². The van der Waals surface area contributed by atoms with Crippen LogP contribution in [-0.4, -0.2) is 35.1 Å². The zero-order valence-corrected chi connectivity index (χ0v) is 12.8. The average Bonchev–Trinajstić information content (AvgIpc) is 3.16. The number of hydrogen-bond acceptors (Lipinski definition) is 2. The number of carboxylic acids is 1. The molecule has 108 valence electrons.